The monoisotopic (exact) mass is 311 g/mol. The molecule has 1 aliphatic carbocycles. The molecule has 1 fully saturated rings. The zero-order chi connectivity index (χ0) is 14.8. The average Bonchev–Trinajstić information content (AvgIpc) is 3.20. The molecule has 2 rings (SSSR count). The molecule has 0 bridgehead atoms. The zero-order valence-electron chi connectivity index (χ0n) is 10.8. The highest BCUT2D eigenvalue weighted by Gasteiger charge is 2.27. The molecule has 0 heterocycles. The van der Waals surface area contributed by atoms with Crippen LogP contribution in [0.1, 0.15) is 23.2 Å². The third-order valence-electron chi connectivity index (χ3n) is 3.11. The maximum absolute atomic E-state index is 12.4. The molecule has 106 valence electrons. The number of terminal acetylenes is 1. The lowest BCUT2D eigenvalue weighted by Gasteiger charge is -2.20. The SMILES string of the molecule is C#CCN(CC1CC1)C(=O)c1cccc(S(=O)(=O)Cl)c1. The van der Waals surface area contributed by atoms with Gasteiger partial charge in [0.05, 0.1) is 11.4 Å². The zero-order valence-corrected chi connectivity index (χ0v) is 12.3. The highest BCUT2D eigenvalue weighted by Crippen LogP contribution is 2.30. The van der Waals surface area contributed by atoms with Gasteiger partial charge >= 0.3 is 0 Å². The van der Waals surface area contributed by atoms with Crippen molar-refractivity contribution in [2.45, 2.75) is 17.7 Å². The van der Waals surface area contributed by atoms with Crippen LogP contribution in [-0.2, 0) is 9.05 Å². The number of rotatable bonds is 5. The number of amides is 1. The first kappa shape index (κ1) is 14.9. The number of carbonyl (C=O) groups is 1. The van der Waals surface area contributed by atoms with E-state index in [4.69, 9.17) is 17.1 Å². The van der Waals surface area contributed by atoms with Crippen LogP contribution in [0.4, 0.5) is 0 Å². The molecule has 0 spiro atoms. The Hall–Kier alpha value is -1.51. The number of carbonyl (C=O) groups excluding carboxylic acids is 1. The van der Waals surface area contributed by atoms with Gasteiger partial charge in [0, 0.05) is 22.8 Å². The maximum atomic E-state index is 12.4. The van der Waals surface area contributed by atoms with E-state index in [2.05, 4.69) is 5.92 Å². The lowest BCUT2D eigenvalue weighted by Crippen LogP contribution is -2.33. The van der Waals surface area contributed by atoms with E-state index in [0.717, 1.165) is 12.8 Å². The second-order valence-corrected chi connectivity index (χ2v) is 7.36. The Balaban J connectivity index is 2.24. The van der Waals surface area contributed by atoms with Gasteiger partial charge in [-0.15, -0.1) is 6.42 Å². The van der Waals surface area contributed by atoms with Crippen molar-refractivity contribution >= 4 is 25.6 Å². The highest BCUT2D eigenvalue weighted by molar-refractivity contribution is 8.13. The fourth-order valence-corrected chi connectivity index (χ4v) is 2.70. The van der Waals surface area contributed by atoms with Crippen LogP contribution < -0.4 is 0 Å². The van der Waals surface area contributed by atoms with Crippen LogP contribution in [0.25, 0.3) is 0 Å². The summed E-state index contributed by atoms with van der Waals surface area (Å²) in [5, 5.41) is 0. The Morgan fingerprint density at radius 3 is 2.70 bits per heavy atom. The molecule has 0 unspecified atom stereocenters. The van der Waals surface area contributed by atoms with Crippen molar-refractivity contribution in [3.63, 3.8) is 0 Å². The summed E-state index contributed by atoms with van der Waals surface area (Å²) in [5.74, 6) is 2.70. The molecular weight excluding hydrogens is 298 g/mol. The Labute approximate surface area is 123 Å². The molecule has 0 atom stereocenters. The van der Waals surface area contributed by atoms with E-state index in [1.165, 1.54) is 18.2 Å². The summed E-state index contributed by atoms with van der Waals surface area (Å²) in [5.41, 5.74) is 0.280. The topological polar surface area (TPSA) is 54.5 Å². The lowest BCUT2D eigenvalue weighted by atomic mass is 10.2. The largest absolute Gasteiger partial charge is 0.327 e. The van der Waals surface area contributed by atoms with Gasteiger partial charge in [-0.2, -0.15) is 0 Å². The van der Waals surface area contributed by atoms with Gasteiger partial charge < -0.3 is 4.90 Å². The van der Waals surface area contributed by atoms with Gasteiger partial charge in [0.2, 0.25) is 0 Å². The van der Waals surface area contributed by atoms with E-state index in [1.807, 2.05) is 0 Å². The Morgan fingerprint density at radius 2 is 2.15 bits per heavy atom. The predicted molar refractivity (Wildman–Crippen MR) is 76.9 cm³/mol. The fraction of sp³-hybridized carbons (Fsp3) is 0.357. The summed E-state index contributed by atoms with van der Waals surface area (Å²) < 4.78 is 22.6. The van der Waals surface area contributed by atoms with Crippen LogP contribution in [0.2, 0.25) is 0 Å². The van der Waals surface area contributed by atoms with E-state index in [-0.39, 0.29) is 22.9 Å². The van der Waals surface area contributed by atoms with Crippen LogP contribution in [-0.4, -0.2) is 32.3 Å². The first-order chi connectivity index (χ1) is 9.41. The van der Waals surface area contributed by atoms with Crippen molar-refractivity contribution in [2.75, 3.05) is 13.1 Å². The molecule has 1 aromatic carbocycles. The maximum Gasteiger partial charge on any atom is 0.261 e. The molecule has 1 amide bonds. The van der Waals surface area contributed by atoms with Crippen LogP contribution >= 0.6 is 10.7 Å². The second-order valence-electron chi connectivity index (χ2n) is 4.80. The third-order valence-corrected chi connectivity index (χ3v) is 4.46. The Morgan fingerprint density at radius 1 is 1.45 bits per heavy atom. The first-order valence-corrected chi connectivity index (χ1v) is 8.50. The quantitative estimate of drug-likeness (QED) is 0.618. The summed E-state index contributed by atoms with van der Waals surface area (Å²) in [7, 11) is 1.44. The van der Waals surface area contributed by atoms with E-state index in [1.54, 1.807) is 11.0 Å². The van der Waals surface area contributed by atoms with Crippen molar-refractivity contribution in [1.29, 1.82) is 0 Å². The number of hydrogen-bond donors (Lipinski definition) is 0. The van der Waals surface area contributed by atoms with E-state index < -0.39 is 9.05 Å². The van der Waals surface area contributed by atoms with Gasteiger partial charge in [0.15, 0.2) is 0 Å². The molecule has 20 heavy (non-hydrogen) atoms. The van der Waals surface area contributed by atoms with Crippen LogP contribution in [0, 0.1) is 18.3 Å². The minimum Gasteiger partial charge on any atom is -0.327 e. The molecule has 1 aromatic rings. The minimum absolute atomic E-state index is 0.0860. The van der Waals surface area contributed by atoms with Crippen molar-refractivity contribution in [3.8, 4) is 12.3 Å². The molecule has 0 N–H and O–H groups in total. The Kier molecular flexibility index (Phi) is 4.36. The van der Waals surface area contributed by atoms with E-state index in [0.29, 0.717) is 12.5 Å². The molecule has 1 aliphatic rings. The van der Waals surface area contributed by atoms with Crippen LogP contribution in [0.5, 0.6) is 0 Å². The number of nitrogens with zero attached hydrogens (tertiary/aromatic N) is 1. The molecule has 0 aromatic heterocycles. The second kappa shape index (κ2) is 5.86. The van der Waals surface area contributed by atoms with Gasteiger partial charge in [-0.1, -0.05) is 12.0 Å². The summed E-state index contributed by atoms with van der Waals surface area (Å²) in [6, 6.07) is 5.69. The van der Waals surface area contributed by atoms with Crippen molar-refractivity contribution in [2.24, 2.45) is 5.92 Å². The van der Waals surface area contributed by atoms with Gasteiger partial charge in [0.1, 0.15) is 0 Å². The van der Waals surface area contributed by atoms with Gasteiger partial charge in [-0.3, -0.25) is 4.79 Å². The lowest BCUT2D eigenvalue weighted by molar-refractivity contribution is 0.0769. The Bertz CT molecular complexity index is 659. The highest BCUT2D eigenvalue weighted by atomic mass is 35.7. The molecule has 0 aliphatic heterocycles. The number of halogens is 1. The van der Waals surface area contributed by atoms with Gasteiger partial charge in [-0.25, -0.2) is 8.42 Å². The van der Waals surface area contributed by atoms with Crippen LogP contribution in [0.15, 0.2) is 29.2 Å². The third kappa shape index (κ3) is 3.75. The smallest absolute Gasteiger partial charge is 0.261 e. The first-order valence-electron chi connectivity index (χ1n) is 6.19. The van der Waals surface area contributed by atoms with Crippen molar-refractivity contribution in [1.82, 2.24) is 4.90 Å². The summed E-state index contributed by atoms with van der Waals surface area (Å²) >= 11 is 0. The standard InChI is InChI=1S/C14H14ClNO3S/c1-2-8-16(10-11-6-7-11)14(17)12-4-3-5-13(9-12)20(15,18)19/h1,3-5,9,11H,6-8,10H2. The predicted octanol–water partition coefficient (Wildman–Crippen LogP) is 2.10. The summed E-state index contributed by atoms with van der Waals surface area (Å²) in [6.07, 6.45) is 7.48. The minimum atomic E-state index is -3.85. The van der Waals surface area contributed by atoms with Gasteiger partial charge in [-0.05, 0) is 37.0 Å². The summed E-state index contributed by atoms with van der Waals surface area (Å²) in [4.78, 5) is 13.9. The fourth-order valence-electron chi connectivity index (χ4n) is 1.90. The van der Waals surface area contributed by atoms with Crippen molar-refractivity contribution in [3.05, 3.63) is 29.8 Å². The van der Waals surface area contributed by atoms with E-state index in [9.17, 15) is 13.2 Å². The molecule has 1 saturated carbocycles. The number of hydrogen-bond acceptors (Lipinski definition) is 3. The van der Waals surface area contributed by atoms with Crippen molar-refractivity contribution < 1.29 is 13.2 Å². The molecule has 0 radical (unpaired) electrons. The number of benzene rings is 1. The average molecular weight is 312 g/mol. The van der Waals surface area contributed by atoms with Crippen LogP contribution in [0.3, 0.4) is 0 Å². The molecule has 0 saturated heterocycles. The summed E-state index contributed by atoms with van der Waals surface area (Å²) in [6.45, 7) is 0.827. The molecule has 4 nitrogen and oxygen atoms in total. The van der Waals surface area contributed by atoms with Gasteiger partial charge in [0.25, 0.3) is 15.0 Å². The molecular formula is C14H14ClNO3S. The normalized spacial score (nSPS) is 14.6. The molecule has 6 heteroatoms. The van der Waals surface area contributed by atoms with E-state index >= 15 is 0 Å².